The van der Waals surface area contributed by atoms with Crippen molar-refractivity contribution >= 4 is 33.0 Å². The molecule has 1 aliphatic heterocycles. The second kappa shape index (κ2) is 7.36. The smallest absolute Gasteiger partial charge is 0.233 e. The number of halogens is 1. The third-order valence-corrected chi connectivity index (χ3v) is 5.70. The average molecular weight is 331 g/mol. The lowest BCUT2D eigenvalue weighted by molar-refractivity contribution is 0.577. The van der Waals surface area contributed by atoms with Crippen LogP contribution in [0.4, 0.5) is 11.4 Å². The van der Waals surface area contributed by atoms with Crippen molar-refractivity contribution in [3.05, 3.63) is 24.3 Å². The van der Waals surface area contributed by atoms with Gasteiger partial charge < -0.3 is 4.90 Å². The van der Waals surface area contributed by atoms with Gasteiger partial charge in [0.25, 0.3) is 0 Å². The van der Waals surface area contributed by atoms with Crippen LogP contribution in [0, 0.1) is 5.92 Å². The first kappa shape index (κ1) is 16.4. The maximum Gasteiger partial charge on any atom is 0.233 e. The fraction of sp³-hybridized carbons (Fsp3) is 0.600. The van der Waals surface area contributed by atoms with Gasteiger partial charge in [0, 0.05) is 19.0 Å². The monoisotopic (exact) mass is 330 g/mol. The molecule has 1 unspecified atom stereocenters. The van der Waals surface area contributed by atoms with Crippen LogP contribution in [0.15, 0.2) is 24.3 Å². The van der Waals surface area contributed by atoms with Crippen molar-refractivity contribution < 1.29 is 8.42 Å². The average Bonchev–Trinajstić information content (AvgIpc) is 2.47. The van der Waals surface area contributed by atoms with Gasteiger partial charge in [-0.1, -0.05) is 19.1 Å². The number of hydrogen-bond acceptors (Lipinski definition) is 3. The first-order valence-corrected chi connectivity index (χ1v) is 9.61. The largest absolute Gasteiger partial charge is 0.370 e. The van der Waals surface area contributed by atoms with Crippen LogP contribution in [-0.2, 0) is 10.0 Å². The zero-order chi connectivity index (χ0) is 15.3. The van der Waals surface area contributed by atoms with Crippen molar-refractivity contribution in [1.82, 2.24) is 0 Å². The van der Waals surface area contributed by atoms with E-state index in [0.29, 0.717) is 11.6 Å². The number of para-hydroxylation sites is 2. The molecule has 2 rings (SSSR count). The van der Waals surface area contributed by atoms with Gasteiger partial charge >= 0.3 is 0 Å². The van der Waals surface area contributed by atoms with Gasteiger partial charge in [0.2, 0.25) is 10.0 Å². The minimum Gasteiger partial charge on any atom is -0.370 e. The van der Waals surface area contributed by atoms with Gasteiger partial charge in [-0.3, -0.25) is 4.72 Å². The Morgan fingerprint density at radius 1 is 1.24 bits per heavy atom. The van der Waals surface area contributed by atoms with E-state index in [9.17, 15) is 8.42 Å². The van der Waals surface area contributed by atoms with E-state index in [1.807, 2.05) is 31.2 Å². The number of alkyl halides is 1. The van der Waals surface area contributed by atoms with E-state index >= 15 is 0 Å². The standard InChI is InChI=1S/C15H23ClN2O2S/c1-13(11-16)12-21(19,20)17-14-7-3-4-8-15(14)18-9-5-2-6-10-18/h3-4,7-8,13,17H,2,5-6,9-12H2,1H3. The Bertz CT molecular complexity index is 557. The zero-order valence-electron chi connectivity index (χ0n) is 12.4. The Kier molecular flexibility index (Phi) is 5.76. The lowest BCUT2D eigenvalue weighted by Gasteiger charge is -2.30. The number of sulfonamides is 1. The minimum atomic E-state index is -3.37. The van der Waals surface area contributed by atoms with Crippen molar-refractivity contribution in [3.8, 4) is 0 Å². The Balaban J connectivity index is 2.16. The summed E-state index contributed by atoms with van der Waals surface area (Å²) in [5.74, 6) is 0.325. The molecule has 0 saturated carbocycles. The van der Waals surface area contributed by atoms with Crippen LogP contribution in [-0.4, -0.2) is 33.1 Å². The summed E-state index contributed by atoms with van der Waals surface area (Å²) in [6.07, 6.45) is 3.56. The molecule has 0 aliphatic carbocycles. The molecule has 1 saturated heterocycles. The SMILES string of the molecule is CC(CCl)CS(=O)(=O)Nc1ccccc1N1CCCCC1. The van der Waals surface area contributed by atoms with Gasteiger partial charge in [-0.05, 0) is 37.3 Å². The fourth-order valence-electron chi connectivity index (χ4n) is 2.60. The minimum absolute atomic E-state index is 0.0465. The molecular weight excluding hydrogens is 308 g/mol. The van der Waals surface area contributed by atoms with Crippen LogP contribution >= 0.6 is 11.6 Å². The predicted octanol–water partition coefficient (Wildman–Crippen LogP) is 3.29. The highest BCUT2D eigenvalue weighted by Crippen LogP contribution is 2.29. The van der Waals surface area contributed by atoms with Gasteiger partial charge in [-0.15, -0.1) is 11.6 Å². The molecule has 0 bridgehead atoms. The van der Waals surface area contributed by atoms with Crippen LogP contribution in [0.25, 0.3) is 0 Å². The quantitative estimate of drug-likeness (QED) is 0.814. The highest BCUT2D eigenvalue weighted by Gasteiger charge is 2.19. The molecule has 118 valence electrons. The van der Waals surface area contributed by atoms with Crippen LogP contribution in [0.1, 0.15) is 26.2 Å². The maximum absolute atomic E-state index is 12.2. The van der Waals surface area contributed by atoms with Crippen molar-refractivity contribution in [1.29, 1.82) is 0 Å². The summed E-state index contributed by atoms with van der Waals surface area (Å²) in [5.41, 5.74) is 1.64. The highest BCUT2D eigenvalue weighted by atomic mass is 35.5. The molecule has 1 aliphatic rings. The van der Waals surface area contributed by atoms with Crippen LogP contribution < -0.4 is 9.62 Å². The molecule has 21 heavy (non-hydrogen) atoms. The fourth-order valence-corrected chi connectivity index (χ4v) is 4.30. The first-order valence-electron chi connectivity index (χ1n) is 7.42. The maximum atomic E-state index is 12.2. The van der Waals surface area contributed by atoms with Crippen molar-refractivity contribution in [3.63, 3.8) is 0 Å². The zero-order valence-corrected chi connectivity index (χ0v) is 14.0. The summed E-state index contributed by atoms with van der Waals surface area (Å²) >= 11 is 5.71. The number of rotatable bonds is 6. The Morgan fingerprint density at radius 3 is 2.57 bits per heavy atom. The summed E-state index contributed by atoms with van der Waals surface area (Å²) in [5, 5.41) is 0. The lowest BCUT2D eigenvalue weighted by atomic mass is 10.1. The number of anilines is 2. The van der Waals surface area contributed by atoms with Gasteiger partial charge in [-0.2, -0.15) is 0 Å². The number of nitrogens with one attached hydrogen (secondary N) is 1. The second-order valence-electron chi connectivity index (χ2n) is 5.71. The van der Waals surface area contributed by atoms with Gasteiger partial charge in [-0.25, -0.2) is 8.42 Å². The van der Waals surface area contributed by atoms with E-state index in [-0.39, 0.29) is 11.7 Å². The van der Waals surface area contributed by atoms with Gasteiger partial charge in [0.1, 0.15) is 0 Å². The molecule has 1 fully saturated rings. The van der Waals surface area contributed by atoms with E-state index in [1.165, 1.54) is 6.42 Å². The molecule has 0 aromatic heterocycles. The molecule has 0 amide bonds. The molecule has 1 heterocycles. The third kappa shape index (κ3) is 4.78. The molecule has 1 N–H and O–H groups in total. The molecule has 1 atom stereocenters. The van der Waals surface area contributed by atoms with Crippen molar-refractivity contribution in [2.75, 3.05) is 34.3 Å². The Hall–Kier alpha value is -0.940. The molecule has 6 heteroatoms. The summed E-state index contributed by atoms with van der Waals surface area (Å²) in [6.45, 7) is 3.80. The second-order valence-corrected chi connectivity index (χ2v) is 7.78. The van der Waals surface area contributed by atoms with Gasteiger partial charge in [0.05, 0.1) is 17.1 Å². The van der Waals surface area contributed by atoms with Gasteiger partial charge in [0.15, 0.2) is 0 Å². The lowest BCUT2D eigenvalue weighted by Crippen LogP contribution is -2.31. The molecule has 4 nitrogen and oxygen atoms in total. The third-order valence-electron chi connectivity index (χ3n) is 3.63. The number of nitrogens with zero attached hydrogens (tertiary/aromatic N) is 1. The van der Waals surface area contributed by atoms with Crippen LogP contribution in [0.3, 0.4) is 0 Å². The van der Waals surface area contributed by atoms with Crippen molar-refractivity contribution in [2.24, 2.45) is 5.92 Å². The van der Waals surface area contributed by atoms with Crippen molar-refractivity contribution in [2.45, 2.75) is 26.2 Å². The predicted molar refractivity (Wildman–Crippen MR) is 89.8 cm³/mol. The van der Waals surface area contributed by atoms with E-state index in [1.54, 1.807) is 0 Å². The van der Waals surface area contributed by atoms with E-state index in [4.69, 9.17) is 11.6 Å². The topological polar surface area (TPSA) is 49.4 Å². The highest BCUT2D eigenvalue weighted by molar-refractivity contribution is 7.92. The molecule has 1 aromatic carbocycles. The Labute approximate surface area is 132 Å². The normalized spacial score (nSPS) is 17.5. The summed E-state index contributed by atoms with van der Waals surface area (Å²) in [6, 6.07) is 7.61. The molecule has 0 spiro atoms. The van der Waals surface area contributed by atoms with E-state index in [0.717, 1.165) is 31.6 Å². The number of benzene rings is 1. The molecule has 1 aromatic rings. The summed E-state index contributed by atoms with van der Waals surface area (Å²) in [7, 11) is -3.37. The first-order chi connectivity index (χ1) is 10.0. The van der Waals surface area contributed by atoms with Crippen LogP contribution in [0.5, 0.6) is 0 Å². The number of hydrogen-bond donors (Lipinski definition) is 1. The van der Waals surface area contributed by atoms with Crippen LogP contribution in [0.2, 0.25) is 0 Å². The Morgan fingerprint density at radius 2 is 1.90 bits per heavy atom. The summed E-state index contributed by atoms with van der Waals surface area (Å²) in [4.78, 5) is 2.26. The molecule has 0 radical (unpaired) electrons. The van der Waals surface area contributed by atoms with E-state index < -0.39 is 10.0 Å². The summed E-state index contributed by atoms with van der Waals surface area (Å²) < 4.78 is 27.2. The molecular formula is C15H23ClN2O2S. The number of piperidine rings is 1. The van der Waals surface area contributed by atoms with E-state index in [2.05, 4.69) is 9.62 Å².